The first-order chi connectivity index (χ1) is 7.66. The Morgan fingerprint density at radius 3 is 2.24 bits per heavy atom. The molecule has 0 saturated carbocycles. The normalized spacial score (nSPS) is 15.3. The van der Waals surface area contributed by atoms with Crippen LogP contribution in [0, 0.1) is 0 Å². The van der Waals surface area contributed by atoms with E-state index in [1.165, 1.54) is 7.11 Å². The average Bonchev–Trinajstić information content (AvgIpc) is 2.12. The zero-order chi connectivity index (χ0) is 13.5. The van der Waals surface area contributed by atoms with Crippen molar-refractivity contribution in [2.75, 3.05) is 13.7 Å². The Morgan fingerprint density at radius 2 is 1.76 bits per heavy atom. The van der Waals surface area contributed by atoms with Crippen molar-refractivity contribution in [2.24, 2.45) is 0 Å². The van der Waals surface area contributed by atoms with Crippen molar-refractivity contribution >= 4 is 21.6 Å². The van der Waals surface area contributed by atoms with Crippen LogP contribution in [0.4, 0.5) is 0 Å². The molecule has 17 heavy (non-hydrogen) atoms. The highest BCUT2D eigenvalue weighted by Crippen LogP contribution is 2.57. The van der Waals surface area contributed by atoms with Crippen molar-refractivity contribution in [2.45, 2.75) is 19.3 Å². The molecule has 0 aliphatic heterocycles. The van der Waals surface area contributed by atoms with Gasteiger partial charge in [0.15, 0.2) is 0 Å². The van der Waals surface area contributed by atoms with Crippen LogP contribution in [-0.4, -0.2) is 34.4 Å². The average molecular weight is 292 g/mol. The highest BCUT2D eigenvalue weighted by atomic mass is 31.3. The van der Waals surface area contributed by atoms with Crippen LogP contribution in [0.3, 0.4) is 0 Å². The van der Waals surface area contributed by atoms with Crippen molar-refractivity contribution in [1.82, 2.24) is 0 Å². The first-order valence-corrected chi connectivity index (χ1v) is 7.50. The molecule has 0 spiro atoms. The van der Waals surface area contributed by atoms with E-state index in [1.807, 2.05) is 0 Å². The summed E-state index contributed by atoms with van der Waals surface area (Å²) in [6.45, 7) is -0.273. The molecule has 0 rings (SSSR count). The van der Waals surface area contributed by atoms with Gasteiger partial charge in [-0.15, -0.1) is 0 Å². The van der Waals surface area contributed by atoms with Crippen LogP contribution in [0.25, 0.3) is 0 Å². The van der Waals surface area contributed by atoms with E-state index in [1.54, 1.807) is 0 Å². The van der Waals surface area contributed by atoms with Gasteiger partial charge in [0, 0.05) is 6.42 Å². The second-order valence-electron chi connectivity index (χ2n) is 2.91. The second-order valence-corrected chi connectivity index (χ2v) is 5.74. The van der Waals surface area contributed by atoms with Crippen LogP contribution in [-0.2, 0) is 27.5 Å². The predicted octanol–water partition coefficient (Wildman–Crippen LogP) is 0.556. The SMILES string of the molecule is COC(=O)CCCCOP(=O)(O)OP(=O)(O)O. The molecule has 0 heterocycles. The van der Waals surface area contributed by atoms with E-state index in [0.29, 0.717) is 6.42 Å². The minimum absolute atomic E-state index is 0.120. The zero-order valence-corrected chi connectivity index (χ0v) is 10.8. The van der Waals surface area contributed by atoms with Crippen LogP contribution < -0.4 is 0 Å². The lowest BCUT2D eigenvalue weighted by Crippen LogP contribution is -2.01. The maximum absolute atomic E-state index is 10.9. The Bertz CT molecular complexity index is 334. The molecule has 0 aromatic rings. The molecule has 0 aromatic heterocycles. The summed E-state index contributed by atoms with van der Waals surface area (Å²) in [4.78, 5) is 36.0. The number of rotatable bonds is 8. The summed E-state index contributed by atoms with van der Waals surface area (Å²) in [7, 11) is -8.61. The van der Waals surface area contributed by atoms with Gasteiger partial charge in [0.1, 0.15) is 0 Å². The number of unbranched alkanes of at least 4 members (excludes halogenated alkanes) is 1. The van der Waals surface area contributed by atoms with Gasteiger partial charge in [-0.3, -0.25) is 9.32 Å². The summed E-state index contributed by atoms with van der Waals surface area (Å²) in [5.74, 6) is -0.427. The summed E-state index contributed by atoms with van der Waals surface area (Å²) >= 11 is 0. The largest absolute Gasteiger partial charge is 0.481 e. The van der Waals surface area contributed by atoms with Gasteiger partial charge in [-0.2, -0.15) is 4.31 Å². The van der Waals surface area contributed by atoms with Crippen LogP contribution >= 0.6 is 15.6 Å². The van der Waals surface area contributed by atoms with Crippen LogP contribution in [0.1, 0.15) is 19.3 Å². The maximum atomic E-state index is 10.9. The summed E-state index contributed by atoms with van der Waals surface area (Å²) < 4.78 is 33.3. The molecule has 102 valence electrons. The molecule has 1 atom stereocenters. The van der Waals surface area contributed by atoms with Gasteiger partial charge < -0.3 is 19.4 Å². The zero-order valence-electron chi connectivity index (χ0n) is 9.01. The Morgan fingerprint density at radius 1 is 1.18 bits per heavy atom. The van der Waals surface area contributed by atoms with Crippen LogP contribution in [0.5, 0.6) is 0 Å². The third-order valence-electron chi connectivity index (χ3n) is 1.47. The number of carbonyl (C=O) groups excluding carboxylic acids is 1. The lowest BCUT2D eigenvalue weighted by molar-refractivity contribution is -0.140. The van der Waals surface area contributed by atoms with Crippen LogP contribution in [0.15, 0.2) is 0 Å². The van der Waals surface area contributed by atoms with E-state index in [4.69, 9.17) is 14.7 Å². The summed E-state index contributed by atoms with van der Waals surface area (Å²) in [6.07, 6.45) is 0.710. The molecule has 0 bridgehead atoms. The van der Waals surface area contributed by atoms with E-state index in [2.05, 4.69) is 13.6 Å². The van der Waals surface area contributed by atoms with Gasteiger partial charge in [0.2, 0.25) is 0 Å². The highest BCUT2D eigenvalue weighted by Gasteiger charge is 2.31. The quantitative estimate of drug-likeness (QED) is 0.332. The minimum atomic E-state index is -5.08. The standard InChI is InChI=1S/C6H14O9P2/c1-13-6(7)4-2-3-5-14-17(11,12)15-16(8,9)10/h2-5H2,1H3,(H,11,12)(H2,8,9,10). The van der Waals surface area contributed by atoms with Gasteiger partial charge in [-0.25, -0.2) is 9.13 Å². The lowest BCUT2D eigenvalue weighted by Gasteiger charge is -2.11. The number of hydrogen-bond acceptors (Lipinski definition) is 6. The van der Waals surface area contributed by atoms with Crippen molar-refractivity contribution in [1.29, 1.82) is 0 Å². The second kappa shape index (κ2) is 7.23. The Hall–Kier alpha value is -0.270. The molecule has 0 fully saturated rings. The van der Waals surface area contributed by atoms with Gasteiger partial charge in [0.05, 0.1) is 13.7 Å². The predicted molar refractivity (Wildman–Crippen MR) is 54.8 cm³/mol. The monoisotopic (exact) mass is 292 g/mol. The fourth-order valence-corrected chi connectivity index (χ4v) is 2.44. The van der Waals surface area contributed by atoms with Gasteiger partial charge in [0.25, 0.3) is 0 Å². The number of ether oxygens (including phenoxy) is 1. The molecular weight excluding hydrogens is 278 g/mol. The van der Waals surface area contributed by atoms with Gasteiger partial charge in [-0.1, -0.05) is 0 Å². The molecule has 0 aromatic carbocycles. The van der Waals surface area contributed by atoms with Gasteiger partial charge >= 0.3 is 21.6 Å². The molecule has 3 N–H and O–H groups in total. The van der Waals surface area contributed by atoms with Crippen molar-refractivity contribution in [3.8, 4) is 0 Å². The van der Waals surface area contributed by atoms with Crippen molar-refractivity contribution in [3.05, 3.63) is 0 Å². The van der Waals surface area contributed by atoms with Gasteiger partial charge in [-0.05, 0) is 12.8 Å². The first-order valence-electron chi connectivity index (χ1n) is 4.47. The van der Waals surface area contributed by atoms with Crippen molar-refractivity contribution < 1.29 is 42.2 Å². The first kappa shape index (κ1) is 16.7. The molecule has 0 aliphatic rings. The molecule has 0 aliphatic carbocycles. The molecular formula is C6H14O9P2. The number of phosphoric acid groups is 2. The Kier molecular flexibility index (Phi) is 7.11. The molecule has 0 radical (unpaired) electrons. The number of methoxy groups -OCH3 is 1. The number of carbonyl (C=O) groups is 1. The third-order valence-corrected chi connectivity index (χ3v) is 3.65. The number of hydrogen-bond donors (Lipinski definition) is 3. The van der Waals surface area contributed by atoms with E-state index < -0.39 is 21.6 Å². The van der Waals surface area contributed by atoms with Crippen LogP contribution in [0.2, 0.25) is 0 Å². The molecule has 0 saturated heterocycles. The highest BCUT2D eigenvalue weighted by molar-refractivity contribution is 7.60. The summed E-state index contributed by atoms with van der Waals surface area (Å²) in [5.41, 5.74) is 0. The van der Waals surface area contributed by atoms with Crippen molar-refractivity contribution in [3.63, 3.8) is 0 Å². The molecule has 9 nitrogen and oxygen atoms in total. The maximum Gasteiger partial charge on any atom is 0.481 e. The molecule has 1 unspecified atom stereocenters. The van der Waals surface area contributed by atoms with E-state index in [-0.39, 0.29) is 19.4 Å². The fourth-order valence-electron chi connectivity index (χ4n) is 0.811. The lowest BCUT2D eigenvalue weighted by atomic mass is 10.2. The molecule has 0 amide bonds. The minimum Gasteiger partial charge on any atom is -0.469 e. The molecule has 11 heteroatoms. The number of esters is 1. The topological polar surface area (TPSA) is 140 Å². The fraction of sp³-hybridized carbons (Fsp3) is 0.833. The number of phosphoric ester groups is 1. The smallest absolute Gasteiger partial charge is 0.469 e. The van der Waals surface area contributed by atoms with E-state index in [0.717, 1.165) is 0 Å². The Balaban J connectivity index is 3.77. The third kappa shape index (κ3) is 10.6. The Labute approximate surface area is 97.5 Å². The summed E-state index contributed by atoms with van der Waals surface area (Å²) in [5, 5.41) is 0. The summed E-state index contributed by atoms with van der Waals surface area (Å²) in [6, 6.07) is 0. The van der Waals surface area contributed by atoms with E-state index in [9.17, 15) is 13.9 Å². The van der Waals surface area contributed by atoms with E-state index >= 15 is 0 Å².